The van der Waals surface area contributed by atoms with Gasteiger partial charge in [0.15, 0.2) is 5.69 Å². The molecule has 3 heterocycles. The number of hydrogen-bond acceptors (Lipinski definition) is 14. The minimum atomic E-state index is -0.699. The van der Waals surface area contributed by atoms with Crippen LogP contribution in [0, 0.1) is 13.8 Å². The summed E-state index contributed by atoms with van der Waals surface area (Å²) in [6.07, 6.45) is 37.2. The second-order valence-corrected chi connectivity index (χ2v) is 35.5. The fraction of sp³-hybridized carbons (Fsp3) is 0.402. The van der Waals surface area contributed by atoms with E-state index in [-0.39, 0.29) is 35.1 Å². The number of amides is 5. The van der Waals surface area contributed by atoms with Gasteiger partial charge >= 0.3 is 0 Å². The first-order valence-electron chi connectivity index (χ1n) is 46.1. The van der Waals surface area contributed by atoms with Crippen molar-refractivity contribution in [3.63, 3.8) is 0 Å². The van der Waals surface area contributed by atoms with Gasteiger partial charge in [-0.05, 0) is 371 Å². The summed E-state index contributed by atoms with van der Waals surface area (Å²) in [6, 6.07) is 51.1. The van der Waals surface area contributed by atoms with Crippen LogP contribution >= 0.6 is 0 Å². The lowest BCUT2D eigenvalue weighted by Crippen LogP contribution is -2.33. The molecule has 0 spiro atoms. The van der Waals surface area contributed by atoms with E-state index in [0.29, 0.717) is 39.4 Å². The van der Waals surface area contributed by atoms with Crippen LogP contribution in [-0.4, -0.2) is 95.2 Å². The first-order chi connectivity index (χ1) is 62.0. The van der Waals surface area contributed by atoms with Crippen LogP contribution in [0.1, 0.15) is 280 Å². The number of benzene rings is 8. The topological polar surface area (TPSA) is 271 Å². The van der Waals surface area contributed by atoms with Crippen LogP contribution in [0.3, 0.4) is 0 Å². The average molecular weight is 1730 g/mol. The largest absolute Gasteiger partial charge is 0.495 e. The zero-order valence-corrected chi connectivity index (χ0v) is 76.7. The second kappa shape index (κ2) is 44.4. The lowest BCUT2D eigenvalue weighted by Gasteiger charge is -2.37. The molecule has 0 aliphatic heterocycles. The molecule has 21 nitrogen and oxygen atoms in total. The summed E-state index contributed by atoms with van der Waals surface area (Å²) in [7, 11) is 8.23. The van der Waals surface area contributed by atoms with Gasteiger partial charge in [-0.15, -0.1) is 0 Å². The molecule has 5 amide bonds. The highest BCUT2D eigenvalue weighted by molar-refractivity contribution is 6.08. The van der Waals surface area contributed by atoms with Crippen LogP contribution in [0.15, 0.2) is 170 Å². The Kier molecular flexibility index (Phi) is 32.3. The number of nitrogens with one attached hydrogen (secondary N) is 6. The molecule has 6 aliphatic rings. The maximum atomic E-state index is 12.8. The van der Waals surface area contributed by atoms with Gasteiger partial charge in [0.2, 0.25) is 0 Å². The number of anilines is 5. The van der Waals surface area contributed by atoms with Gasteiger partial charge in [0.05, 0.1) is 92.6 Å². The predicted octanol–water partition coefficient (Wildman–Crippen LogP) is 22.8. The van der Waals surface area contributed by atoms with Crippen molar-refractivity contribution in [3.8, 4) is 40.0 Å². The number of rotatable bonds is 19. The molecule has 0 saturated heterocycles. The quantitative estimate of drug-likeness (QED) is 0.0371. The molecule has 0 radical (unpaired) electrons. The minimum Gasteiger partial charge on any atom is -0.495 e. The van der Waals surface area contributed by atoms with E-state index in [1.54, 1.807) is 60.1 Å². The van der Waals surface area contributed by atoms with Crippen molar-refractivity contribution >= 4 is 58.0 Å². The van der Waals surface area contributed by atoms with Gasteiger partial charge in [-0.2, -0.15) is 10.2 Å². The molecule has 11 aromatic rings. The van der Waals surface area contributed by atoms with Crippen molar-refractivity contribution in [1.82, 2.24) is 25.0 Å². The molecule has 1 saturated carbocycles. The summed E-state index contributed by atoms with van der Waals surface area (Å²) in [5.74, 6) is 2.85. The van der Waals surface area contributed by atoms with E-state index >= 15 is 0 Å². The summed E-state index contributed by atoms with van der Waals surface area (Å²) in [5.41, 5.74) is 24.7. The van der Waals surface area contributed by atoms with Crippen LogP contribution < -0.4 is 50.3 Å². The van der Waals surface area contributed by atoms with Crippen LogP contribution in [0.25, 0.3) is 11.3 Å². The van der Waals surface area contributed by atoms with Crippen LogP contribution in [0.5, 0.6) is 28.7 Å². The van der Waals surface area contributed by atoms with Gasteiger partial charge in [-0.25, -0.2) is 0 Å². The van der Waals surface area contributed by atoms with Crippen molar-refractivity contribution in [3.05, 3.63) is 276 Å². The Morgan fingerprint density at radius 3 is 1.05 bits per heavy atom. The van der Waals surface area contributed by atoms with Crippen molar-refractivity contribution in [2.24, 2.45) is 0 Å². The number of fused-ring (bicyclic) bond motifs is 5. The Balaban J connectivity index is 0.000000137. The molecule has 21 heteroatoms. The number of aliphatic hydroxyl groups is 1. The number of aryl methyl sites for hydroxylation is 13. The van der Waals surface area contributed by atoms with Crippen LogP contribution in [-0.2, 0) is 81.8 Å². The summed E-state index contributed by atoms with van der Waals surface area (Å²) >= 11 is 0. The van der Waals surface area contributed by atoms with E-state index in [2.05, 4.69) is 135 Å². The zero-order valence-electron chi connectivity index (χ0n) is 76.7. The number of aromatic amines is 1. The summed E-state index contributed by atoms with van der Waals surface area (Å²) in [5, 5.41) is 36.6. The normalized spacial score (nSPS) is 14.8. The van der Waals surface area contributed by atoms with Gasteiger partial charge in [-0.1, -0.05) is 87.9 Å². The lowest BCUT2D eigenvalue weighted by molar-refractivity contribution is -0.0388. The molecular weight excluding hydrogens is 1600 g/mol. The Hall–Kier alpha value is -12.4. The number of carbonyl (C=O) groups is 5. The van der Waals surface area contributed by atoms with Crippen molar-refractivity contribution in [1.29, 1.82) is 0 Å². The fourth-order valence-electron chi connectivity index (χ4n) is 18.0. The van der Waals surface area contributed by atoms with Crippen molar-refractivity contribution in [2.75, 3.05) is 62.1 Å². The number of aromatic nitrogens is 5. The van der Waals surface area contributed by atoms with Gasteiger partial charge in [0, 0.05) is 39.8 Å². The van der Waals surface area contributed by atoms with Crippen LogP contribution in [0.2, 0.25) is 0 Å². The molecule has 1 fully saturated rings. The Labute approximate surface area is 755 Å². The van der Waals surface area contributed by atoms with Gasteiger partial charge in [0.1, 0.15) is 28.7 Å². The number of pyridine rings is 1. The Morgan fingerprint density at radius 2 is 0.750 bits per heavy atom. The first-order valence-corrected chi connectivity index (χ1v) is 46.1. The highest BCUT2D eigenvalue weighted by Crippen LogP contribution is 2.43. The maximum Gasteiger partial charge on any atom is 0.276 e. The van der Waals surface area contributed by atoms with Crippen molar-refractivity contribution in [2.45, 2.75) is 245 Å². The molecule has 128 heavy (non-hydrogen) atoms. The molecule has 672 valence electrons. The third-order valence-corrected chi connectivity index (χ3v) is 25.4. The van der Waals surface area contributed by atoms with Gasteiger partial charge in [-0.3, -0.25) is 38.7 Å². The van der Waals surface area contributed by atoms with Gasteiger partial charge < -0.3 is 55.4 Å². The monoisotopic (exact) mass is 1730 g/mol. The highest BCUT2D eigenvalue weighted by Gasteiger charge is 2.36. The fourth-order valence-corrected chi connectivity index (χ4v) is 18.0. The molecule has 3 aromatic heterocycles. The number of H-pyrrole nitrogens is 1. The number of ether oxygens (including phenoxy) is 5. The van der Waals surface area contributed by atoms with E-state index in [9.17, 15) is 29.1 Å². The maximum absolute atomic E-state index is 12.8. The molecule has 8 aromatic carbocycles. The summed E-state index contributed by atoms with van der Waals surface area (Å²) in [6.45, 7) is 12.2. The summed E-state index contributed by atoms with van der Waals surface area (Å²) < 4.78 is 29.5. The van der Waals surface area contributed by atoms with E-state index in [1.807, 2.05) is 103 Å². The number of carbonyl (C=O) groups excluding carboxylic acids is 5. The van der Waals surface area contributed by atoms with Crippen LogP contribution in [0.4, 0.5) is 28.4 Å². The van der Waals surface area contributed by atoms with E-state index in [1.165, 1.54) is 158 Å². The Morgan fingerprint density at radius 1 is 0.414 bits per heavy atom. The molecule has 0 bridgehead atoms. The summed E-state index contributed by atoms with van der Waals surface area (Å²) in [4.78, 5) is 67.6. The smallest absolute Gasteiger partial charge is 0.276 e. The van der Waals surface area contributed by atoms with Crippen molar-refractivity contribution < 1.29 is 52.8 Å². The lowest BCUT2D eigenvalue weighted by atomic mass is 9.75. The number of methoxy groups -OCH3 is 5. The molecule has 0 atom stereocenters. The third kappa shape index (κ3) is 24.1. The first kappa shape index (κ1) is 93.3. The molecule has 6 aliphatic carbocycles. The second-order valence-electron chi connectivity index (χ2n) is 35.5. The minimum absolute atomic E-state index is 0.0880. The van der Waals surface area contributed by atoms with Gasteiger partial charge in [0.25, 0.3) is 29.5 Å². The average Bonchev–Trinajstić information content (AvgIpc) is 1.28. The highest BCUT2D eigenvalue weighted by atomic mass is 16.5. The molecule has 0 unspecified atom stereocenters. The molecule has 7 N–H and O–H groups in total. The Bertz CT molecular complexity index is 5650. The number of nitrogens with zero attached hydrogens (tertiary/aromatic N) is 4. The van der Waals surface area contributed by atoms with E-state index in [0.717, 1.165) is 170 Å². The third-order valence-electron chi connectivity index (χ3n) is 25.4. The molecular formula is C107H128N10O11. The predicted molar refractivity (Wildman–Crippen MR) is 511 cm³/mol. The van der Waals surface area contributed by atoms with E-state index < -0.39 is 5.60 Å². The zero-order chi connectivity index (χ0) is 90.3. The van der Waals surface area contributed by atoms with E-state index in [4.69, 9.17) is 23.7 Å². The standard InChI is InChI=1S/C24H24N2O2.C23H27NO3.C22H27NO2.C21H29N3O2.C17H21N3O2/c1-28-23-16-20-8-4-2-3-7-19(20)15-22(23)26-24(27)18-12-10-17(11-13-18)21-9-5-6-14-25-21;1-27-21-15-18-7-4-2-3-6-17(18)14-20(21)24-22(25)16-8-10-19(11-9-16)23(26)12-5-13-23;1-3-7-16-10-12-17(13-11-16)22(24)23-20-14-18-8-5-4-6-9-19(18)15-21(20)25-2;1-14-11-18(23-24(14)21(2,3)4)20(25)22-17-12-15-9-7-6-8-10-16(15)13-19(17)26-5;1-11-14(10-18-20-11)17(21)19-15-8-12-6-4-3-5-7-13(12)9-16(15)22-2/h5-6,9-16H,2-4,7-8H2,1H3,(H,26,27);8-11,14-15,26H,2-7,12-13H2,1H3,(H,24,25);10-15H,3-9H2,1-2H3,(H,23,24);11-13H,6-10H2,1-5H3,(H,22,25);8-10H,3-7H2,1-2H3,(H,18,20)(H,19,21). The molecule has 17 rings (SSSR count). The number of hydrogen-bond donors (Lipinski definition) is 7. The SMILES string of the molecule is CCCc1ccc(C(=O)Nc2cc3c(cc2OC)CCCCC3)cc1.COc1cc2c(cc1NC(=O)c1cc(C)n(C(C)(C)C)n1)CCCCC2.COc1cc2c(cc1NC(=O)c1ccc(-c3ccccn3)cc1)CCCCC2.COc1cc2c(cc1NC(=O)c1ccc(C3(O)CCC3)cc1)CCCCC2.COc1cc2c(cc1NC(=O)c1cn[nH]c1C)CCCCC2.